The first-order chi connectivity index (χ1) is 11.7. The topological polar surface area (TPSA) is 53.5 Å². The van der Waals surface area contributed by atoms with E-state index in [2.05, 4.69) is 17.1 Å². The molecule has 3 amide bonds. The summed E-state index contributed by atoms with van der Waals surface area (Å²) < 4.78 is 0. The van der Waals surface area contributed by atoms with Crippen LogP contribution in [-0.2, 0) is 24.2 Å². The predicted octanol–water partition coefficient (Wildman–Crippen LogP) is 2.85. The van der Waals surface area contributed by atoms with E-state index in [0.29, 0.717) is 13.1 Å². The van der Waals surface area contributed by atoms with Gasteiger partial charge in [-0.1, -0.05) is 30.3 Å². The summed E-state index contributed by atoms with van der Waals surface area (Å²) in [5, 5.41) is 3.01. The smallest absolute Gasteiger partial charge is 0.312 e. The summed E-state index contributed by atoms with van der Waals surface area (Å²) in [5.41, 5.74) is 2.10. The molecule has 2 aromatic rings. The first kappa shape index (κ1) is 15.3. The van der Waals surface area contributed by atoms with Crippen LogP contribution in [0.1, 0.15) is 29.1 Å². The van der Waals surface area contributed by atoms with E-state index in [1.807, 2.05) is 23.6 Å². The number of amides is 3. The number of benzene rings is 1. The SMILES string of the molecule is O=C1C2CCCN2C(=O)N1Cc1csc(CCc2ccccc2)n1. The number of fused-ring (bicyclic) bond motifs is 1. The zero-order valence-corrected chi connectivity index (χ0v) is 14.2. The first-order valence-electron chi connectivity index (χ1n) is 8.31. The summed E-state index contributed by atoms with van der Waals surface area (Å²) in [6, 6.07) is 9.95. The molecule has 0 saturated carbocycles. The van der Waals surface area contributed by atoms with Gasteiger partial charge >= 0.3 is 6.03 Å². The van der Waals surface area contributed by atoms with Crippen LogP contribution in [0.5, 0.6) is 0 Å². The fourth-order valence-corrected chi connectivity index (χ4v) is 4.21. The van der Waals surface area contributed by atoms with Crippen molar-refractivity contribution in [1.82, 2.24) is 14.8 Å². The van der Waals surface area contributed by atoms with E-state index >= 15 is 0 Å². The van der Waals surface area contributed by atoms with Crippen molar-refractivity contribution >= 4 is 23.3 Å². The van der Waals surface area contributed by atoms with Crippen molar-refractivity contribution in [3.63, 3.8) is 0 Å². The number of thiazole rings is 1. The van der Waals surface area contributed by atoms with Gasteiger partial charge in [0, 0.05) is 18.3 Å². The largest absolute Gasteiger partial charge is 0.327 e. The zero-order chi connectivity index (χ0) is 16.5. The molecule has 2 fully saturated rings. The molecule has 3 heterocycles. The second-order valence-corrected chi connectivity index (χ2v) is 7.22. The maximum Gasteiger partial charge on any atom is 0.327 e. The van der Waals surface area contributed by atoms with Gasteiger partial charge in [-0.15, -0.1) is 11.3 Å². The number of hydrogen-bond acceptors (Lipinski definition) is 4. The molecule has 4 rings (SSSR count). The van der Waals surface area contributed by atoms with E-state index in [1.165, 1.54) is 10.5 Å². The summed E-state index contributed by atoms with van der Waals surface area (Å²) in [6.45, 7) is 0.998. The van der Waals surface area contributed by atoms with Gasteiger partial charge in [-0.05, 0) is 24.8 Å². The average molecular weight is 341 g/mol. The second-order valence-electron chi connectivity index (χ2n) is 6.28. The molecule has 1 atom stereocenters. The van der Waals surface area contributed by atoms with Crippen molar-refractivity contribution in [2.75, 3.05) is 6.54 Å². The van der Waals surface area contributed by atoms with Gasteiger partial charge in [0.2, 0.25) is 0 Å². The van der Waals surface area contributed by atoms with Gasteiger partial charge in [-0.3, -0.25) is 9.69 Å². The maximum absolute atomic E-state index is 12.4. The lowest BCUT2D eigenvalue weighted by molar-refractivity contribution is -0.128. The third kappa shape index (κ3) is 2.82. The van der Waals surface area contributed by atoms with Crippen molar-refractivity contribution in [3.05, 3.63) is 52.0 Å². The highest BCUT2D eigenvalue weighted by atomic mass is 32.1. The highest BCUT2D eigenvalue weighted by Gasteiger charge is 2.47. The number of rotatable bonds is 5. The Morgan fingerprint density at radius 2 is 2.00 bits per heavy atom. The van der Waals surface area contributed by atoms with Gasteiger partial charge < -0.3 is 4.90 Å². The molecule has 2 saturated heterocycles. The fraction of sp³-hybridized carbons (Fsp3) is 0.389. The molecule has 24 heavy (non-hydrogen) atoms. The number of urea groups is 1. The molecule has 0 N–H and O–H groups in total. The Hall–Kier alpha value is -2.21. The van der Waals surface area contributed by atoms with E-state index in [9.17, 15) is 9.59 Å². The number of nitrogens with zero attached hydrogens (tertiary/aromatic N) is 3. The molecule has 0 spiro atoms. The number of carbonyl (C=O) groups is 2. The van der Waals surface area contributed by atoms with Crippen LogP contribution in [0.2, 0.25) is 0 Å². The molecule has 2 aliphatic heterocycles. The maximum atomic E-state index is 12.4. The lowest BCUT2D eigenvalue weighted by atomic mass is 10.1. The molecule has 6 heteroatoms. The Labute approximate surface area is 144 Å². The number of hydrogen-bond donors (Lipinski definition) is 0. The molecule has 1 aromatic heterocycles. The van der Waals surface area contributed by atoms with Gasteiger partial charge in [0.25, 0.3) is 5.91 Å². The summed E-state index contributed by atoms with van der Waals surface area (Å²) in [6.07, 6.45) is 3.55. The molecule has 5 nitrogen and oxygen atoms in total. The quantitative estimate of drug-likeness (QED) is 0.786. The van der Waals surface area contributed by atoms with Crippen molar-refractivity contribution in [1.29, 1.82) is 0 Å². The number of aromatic nitrogens is 1. The molecule has 1 aromatic carbocycles. The van der Waals surface area contributed by atoms with Crippen LogP contribution >= 0.6 is 11.3 Å². The van der Waals surface area contributed by atoms with E-state index < -0.39 is 0 Å². The van der Waals surface area contributed by atoms with E-state index in [0.717, 1.165) is 36.4 Å². The lowest BCUT2D eigenvalue weighted by Crippen LogP contribution is -2.32. The molecular weight excluding hydrogens is 322 g/mol. The highest BCUT2D eigenvalue weighted by molar-refractivity contribution is 7.09. The number of carbonyl (C=O) groups excluding carboxylic acids is 2. The first-order valence-corrected chi connectivity index (χ1v) is 9.19. The van der Waals surface area contributed by atoms with Crippen molar-refractivity contribution in [2.24, 2.45) is 0 Å². The van der Waals surface area contributed by atoms with Crippen LogP contribution in [0, 0.1) is 0 Å². The predicted molar refractivity (Wildman–Crippen MR) is 91.6 cm³/mol. The van der Waals surface area contributed by atoms with Crippen LogP contribution in [0.25, 0.3) is 0 Å². The van der Waals surface area contributed by atoms with Crippen LogP contribution in [0.15, 0.2) is 35.7 Å². The van der Waals surface area contributed by atoms with E-state index in [1.54, 1.807) is 16.2 Å². The molecule has 0 bridgehead atoms. The number of aryl methyl sites for hydroxylation is 2. The van der Waals surface area contributed by atoms with Crippen LogP contribution in [0.4, 0.5) is 4.79 Å². The Bertz CT molecular complexity index is 737. The molecule has 1 unspecified atom stereocenters. The van der Waals surface area contributed by atoms with Gasteiger partial charge in [0.05, 0.1) is 17.2 Å². The monoisotopic (exact) mass is 341 g/mol. The summed E-state index contributed by atoms with van der Waals surface area (Å²) in [4.78, 5) is 32.4. The number of imide groups is 1. The van der Waals surface area contributed by atoms with Gasteiger partial charge in [-0.25, -0.2) is 9.78 Å². The highest BCUT2D eigenvalue weighted by Crippen LogP contribution is 2.28. The summed E-state index contributed by atoms with van der Waals surface area (Å²) in [5.74, 6) is -0.0589. The average Bonchev–Trinajstić information content (AvgIpc) is 3.30. The minimum atomic E-state index is -0.228. The van der Waals surface area contributed by atoms with E-state index in [4.69, 9.17) is 0 Å². The van der Waals surface area contributed by atoms with Gasteiger partial charge in [-0.2, -0.15) is 0 Å². The molecule has 2 aliphatic rings. The van der Waals surface area contributed by atoms with Crippen LogP contribution < -0.4 is 0 Å². The van der Waals surface area contributed by atoms with Crippen molar-refractivity contribution in [2.45, 2.75) is 38.3 Å². The van der Waals surface area contributed by atoms with Crippen molar-refractivity contribution in [3.8, 4) is 0 Å². The van der Waals surface area contributed by atoms with Crippen LogP contribution in [-0.4, -0.2) is 39.3 Å². The third-order valence-corrected chi connectivity index (χ3v) is 5.63. The van der Waals surface area contributed by atoms with Crippen LogP contribution in [0.3, 0.4) is 0 Å². The van der Waals surface area contributed by atoms with Gasteiger partial charge in [0.15, 0.2) is 0 Å². The van der Waals surface area contributed by atoms with Crippen molar-refractivity contribution < 1.29 is 9.59 Å². The fourth-order valence-electron chi connectivity index (χ4n) is 3.42. The molecular formula is C18H19N3O2S. The Morgan fingerprint density at radius 1 is 1.17 bits per heavy atom. The molecule has 0 radical (unpaired) electrons. The summed E-state index contributed by atoms with van der Waals surface area (Å²) in [7, 11) is 0. The summed E-state index contributed by atoms with van der Waals surface area (Å²) >= 11 is 1.60. The zero-order valence-electron chi connectivity index (χ0n) is 13.4. The minimum Gasteiger partial charge on any atom is -0.312 e. The standard InChI is InChI=1S/C18H19N3O2S/c22-17-15-7-4-10-20(15)18(23)21(17)11-14-12-24-16(19-14)9-8-13-5-2-1-3-6-13/h1-3,5-6,12,15H,4,7-11H2. The minimum absolute atomic E-state index is 0.0589. The Balaban J connectivity index is 1.39. The Morgan fingerprint density at radius 3 is 2.79 bits per heavy atom. The molecule has 0 aliphatic carbocycles. The third-order valence-electron chi connectivity index (χ3n) is 4.67. The van der Waals surface area contributed by atoms with Gasteiger partial charge in [0.1, 0.15) is 6.04 Å². The normalized spacial score (nSPS) is 20.1. The lowest BCUT2D eigenvalue weighted by Gasteiger charge is -2.14. The van der Waals surface area contributed by atoms with E-state index in [-0.39, 0.29) is 18.0 Å². The molecule has 124 valence electrons. The Kier molecular flexibility index (Phi) is 4.06. The second kappa shape index (κ2) is 6.36.